The van der Waals surface area contributed by atoms with Crippen molar-refractivity contribution >= 4 is 28.2 Å². The van der Waals surface area contributed by atoms with Crippen LogP contribution in [0, 0.1) is 0 Å². The van der Waals surface area contributed by atoms with E-state index in [0.717, 1.165) is 10.8 Å². The molecule has 18 heavy (non-hydrogen) atoms. The van der Waals surface area contributed by atoms with E-state index >= 15 is 0 Å². The number of aromatic nitrogens is 1. The van der Waals surface area contributed by atoms with E-state index in [1.54, 1.807) is 7.05 Å². The van der Waals surface area contributed by atoms with Gasteiger partial charge in [-0.2, -0.15) is 0 Å². The highest BCUT2D eigenvalue weighted by molar-refractivity contribution is 6.17. The van der Waals surface area contributed by atoms with E-state index in [1.807, 2.05) is 30.3 Å². The lowest BCUT2D eigenvalue weighted by atomic mass is 10.1. The minimum absolute atomic E-state index is 0.264. The zero-order chi connectivity index (χ0) is 13.1. The Labute approximate surface area is 109 Å². The Hall–Kier alpha value is -1.42. The summed E-state index contributed by atoms with van der Waals surface area (Å²) in [6, 6.07) is 9.44. The van der Waals surface area contributed by atoms with E-state index in [0.29, 0.717) is 11.5 Å². The Bertz CT molecular complexity index is 546. The number of rotatable bonds is 4. The highest BCUT2D eigenvalue weighted by atomic mass is 35.5. The minimum Gasteiger partial charge on any atom is -0.353 e. The average molecular weight is 271 g/mol. The molecule has 0 aliphatic carbocycles. The molecule has 0 N–H and O–H groups in total. The van der Waals surface area contributed by atoms with Gasteiger partial charge in [-0.25, -0.2) is 13.8 Å². The first-order valence-corrected chi connectivity index (χ1v) is 6.09. The van der Waals surface area contributed by atoms with Crippen molar-refractivity contribution in [2.75, 3.05) is 18.5 Å². The predicted molar refractivity (Wildman–Crippen MR) is 70.6 cm³/mol. The third-order valence-electron chi connectivity index (χ3n) is 2.68. The molecule has 0 saturated carbocycles. The maximum absolute atomic E-state index is 12.5. The van der Waals surface area contributed by atoms with Gasteiger partial charge in [-0.3, -0.25) is 0 Å². The summed E-state index contributed by atoms with van der Waals surface area (Å²) in [5, 5.41) is 1.81. The summed E-state index contributed by atoms with van der Waals surface area (Å²) < 4.78 is 24.9. The highest BCUT2D eigenvalue weighted by Gasteiger charge is 2.13. The zero-order valence-electron chi connectivity index (χ0n) is 9.91. The number of nitrogens with zero attached hydrogens (tertiary/aromatic N) is 2. The SMILES string of the molecule is CN(CC(F)F)c1nc(CCl)cc2ccccc12. The van der Waals surface area contributed by atoms with Gasteiger partial charge in [-0.1, -0.05) is 24.3 Å². The fourth-order valence-electron chi connectivity index (χ4n) is 1.89. The van der Waals surface area contributed by atoms with E-state index in [-0.39, 0.29) is 12.4 Å². The molecule has 1 aromatic heterocycles. The van der Waals surface area contributed by atoms with Crippen LogP contribution in [0.4, 0.5) is 14.6 Å². The van der Waals surface area contributed by atoms with Crippen molar-refractivity contribution in [3.8, 4) is 0 Å². The molecule has 0 unspecified atom stereocenters. The fraction of sp³-hybridized carbons (Fsp3) is 0.308. The Balaban J connectivity index is 2.53. The fourth-order valence-corrected chi connectivity index (χ4v) is 2.02. The van der Waals surface area contributed by atoms with Crippen molar-refractivity contribution in [2.45, 2.75) is 12.3 Å². The van der Waals surface area contributed by atoms with Crippen molar-refractivity contribution in [1.29, 1.82) is 0 Å². The van der Waals surface area contributed by atoms with E-state index in [9.17, 15) is 8.78 Å². The van der Waals surface area contributed by atoms with Gasteiger partial charge >= 0.3 is 0 Å². The number of hydrogen-bond donors (Lipinski definition) is 0. The van der Waals surface area contributed by atoms with Crippen molar-refractivity contribution in [1.82, 2.24) is 4.98 Å². The van der Waals surface area contributed by atoms with Crippen molar-refractivity contribution in [3.05, 3.63) is 36.0 Å². The molecule has 5 heteroatoms. The van der Waals surface area contributed by atoms with Gasteiger partial charge < -0.3 is 4.90 Å². The zero-order valence-corrected chi connectivity index (χ0v) is 10.7. The number of anilines is 1. The van der Waals surface area contributed by atoms with Crippen LogP contribution in [0.2, 0.25) is 0 Å². The second kappa shape index (κ2) is 5.48. The van der Waals surface area contributed by atoms with Gasteiger partial charge in [-0.05, 0) is 11.5 Å². The van der Waals surface area contributed by atoms with Crippen molar-refractivity contribution in [2.24, 2.45) is 0 Å². The largest absolute Gasteiger partial charge is 0.353 e. The first kappa shape index (κ1) is 13.0. The lowest BCUT2D eigenvalue weighted by molar-refractivity contribution is 0.156. The van der Waals surface area contributed by atoms with E-state index < -0.39 is 6.43 Å². The quantitative estimate of drug-likeness (QED) is 0.788. The van der Waals surface area contributed by atoms with Crippen LogP contribution in [0.3, 0.4) is 0 Å². The van der Waals surface area contributed by atoms with Crippen LogP contribution in [-0.4, -0.2) is 25.0 Å². The van der Waals surface area contributed by atoms with E-state index in [2.05, 4.69) is 4.98 Å². The van der Waals surface area contributed by atoms with Crippen LogP contribution >= 0.6 is 11.6 Å². The molecular weight excluding hydrogens is 258 g/mol. The first-order valence-electron chi connectivity index (χ1n) is 5.55. The molecule has 0 atom stereocenters. The number of halogens is 3. The normalized spacial score (nSPS) is 11.2. The van der Waals surface area contributed by atoms with Crippen LogP contribution in [0.15, 0.2) is 30.3 Å². The molecule has 0 bridgehead atoms. The maximum Gasteiger partial charge on any atom is 0.255 e. The summed E-state index contributed by atoms with van der Waals surface area (Å²) in [4.78, 5) is 5.79. The topological polar surface area (TPSA) is 16.1 Å². The molecule has 0 saturated heterocycles. The molecule has 96 valence electrons. The van der Waals surface area contributed by atoms with Crippen LogP contribution in [0.5, 0.6) is 0 Å². The number of pyridine rings is 1. The number of hydrogen-bond acceptors (Lipinski definition) is 2. The van der Waals surface area contributed by atoms with Crippen LogP contribution in [0.25, 0.3) is 10.8 Å². The molecule has 2 rings (SSSR count). The summed E-state index contributed by atoms with van der Waals surface area (Å²) in [6.45, 7) is -0.345. The second-order valence-corrected chi connectivity index (χ2v) is 4.33. The third kappa shape index (κ3) is 2.70. The standard InChI is InChI=1S/C13H13ClF2N2/c1-18(8-12(15)16)13-11-5-3-2-4-9(11)6-10(7-14)17-13/h2-6,12H,7-8H2,1H3. The van der Waals surface area contributed by atoms with Crippen LogP contribution in [0.1, 0.15) is 5.69 Å². The second-order valence-electron chi connectivity index (χ2n) is 4.06. The highest BCUT2D eigenvalue weighted by Crippen LogP contribution is 2.26. The van der Waals surface area contributed by atoms with Gasteiger partial charge in [0.05, 0.1) is 18.1 Å². The van der Waals surface area contributed by atoms with Crippen molar-refractivity contribution < 1.29 is 8.78 Å². The van der Waals surface area contributed by atoms with Crippen LogP contribution < -0.4 is 4.90 Å². The summed E-state index contributed by atoms with van der Waals surface area (Å²) in [5.41, 5.74) is 0.687. The predicted octanol–water partition coefficient (Wildman–Crippen LogP) is 3.67. The molecule has 0 aliphatic heterocycles. The number of fused-ring (bicyclic) bond motifs is 1. The van der Waals surface area contributed by atoms with E-state index in [4.69, 9.17) is 11.6 Å². The molecule has 2 aromatic rings. The smallest absolute Gasteiger partial charge is 0.255 e. The van der Waals surface area contributed by atoms with Gasteiger partial charge in [0.1, 0.15) is 5.82 Å². The van der Waals surface area contributed by atoms with Gasteiger partial charge in [0.2, 0.25) is 0 Å². The molecule has 0 aliphatic rings. The number of benzene rings is 1. The summed E-state index contributed by atoms with van der Waals surface area (Å²) >= 11 is 5.78. The molecule has 0 amide bonds. The maximum atomic E-state index is 12.5. The van der Waals surface area contributed by atoms with Gasteiger partial charge in [0.25, 0.3) is 6.43 Å². The van der Waals surface area contributed by atoms with Gasteiger partial charge in [0.15, 0.2) is 0 Å². The molecule has 2 nitrogen and oxygen atoms in total. The van der Waals surface area contributed by atoms with Gasteiger partial charge in [-0.15, -0.1) is 11.6 Å². The Morgan fingerprint density at radius 1 is 1.33 bits per heavy atom. The first-order chi connectivity index (χ1) is 8.61. The average Bonchev–Trinajstić information content (AvgIpc) is 2.36. The van der Waals surface area contributed by atoms with Gasteiger partial charge in [0, 0.05) is 12.4 Å². The Kier molecular flexibility index (Phi) is 3.97. The van der Waals surface area contributed by atoms with Crippen molar-refractivity contribution in [3.63, 3.8) is 0 Å². The minimum atomic E-state index is -2.39. The molecule has 1 aromatic carbocycles. The van der Waals surface area contributed by atoms with Crippen LogP contribution in [-0.2, 0) is 5.88 Å². The molecule has 0 spiro atoms. The molecule has 1 heterocycles. The summed E-state index contributed by atoms with van der Waals surface area (Å²) in [6.07, 6.45) is -2.39. The molecule has 0 fully saturated rings. The van der Waals surface area contributed by atoms with E-state index in [1.165, 1.54) is 4.90 Å². The monoisotopic (exact) mass is 270 g/mol. The Morgan fingerprint density at radius 2 is 2.06 bits per heavy atom. The lowest BCUT2D eigenvalue weighted by Crippen LogP contribution is -2.25. The number of alkyl halides is 3. The summed E-state index contributed by atoms with van der Waals surface area (Å²) in [5.74, 6) is 0.810. The lowest BCUT2D eigenvalue weighted by Gasteiger charge is -2.20. The third-order valence-corrected chi connectivity index (χ3v) is 2.96. The summed E-state index contributed by atoms with van der Waals surface area (Å²) in [7, 11) is 1.61. The Morgan fingerprint density at radius 3 is 2.72 bits per heavy atom. The molecule has 0 radical (unpaired) electrons. The molecular formula is C13H13ClF2N2.